The van der Waals surface area contributed by atoms with Crippen LogP contribution in [0, 0.1) is 3.57 Å². The van der Waals surface area contributed by atoms with Crippen LogP contribution in [-0.4, -0.2) is 23.1 Å². The van der Waals surface area contributed by atoms with E-state index in [1.165, 1.54) is 12.1 Å². The van der Waals surface area contributed by atoms with Crippen LogP contribution in [-0.2, 0) is 11.3 Å². The molecular weight excluding hydrogens is 409 g/mol. The number of benzene rings is 2. The minimum Gasteiger partial charge on any atom is -0.481 e. The van der Waals surface area contributed by atoms with E-state index in [4.69, 9.17) is 9.84 Å². The molecule has 0 aliphatic rings. The number of carbonyl (C=O) groups excluding carboxylic acids is 1. The van der Waals surface area contributed by atoms with Crippen molar-refractivity contribution in [2.24, 2.45) is 0 Å². The highest BCUT2D eigenvalue weighted by Crippen LogP contribution is 2.15. The first kappa shape index (κ1) is 17.3. The normalized spacial score (nSPS) is 11.6. The molecule has 0 aliphatic heterocycles. The van der Waals surface area contributed by atoms with Gasteiger partial charge in [-0.25, -0.2) is 4.79 Å². The highest BCUT2D eigenvalue weighted by Gasteiger charge is 2.14. The third-order valence-electron chi connectivity index (χ3n) is 3.16. The van der Waals surface area contributed by atoms with Crippen molar-refractivity contribution in [2.45, 2.75) is 19.6 Å². The summed E-state index contributed by atoms with van der Waals surface area (Å²) in [7, 11) is 0. The standard InChI is InChI=1S/C17H16INO4/c1-11(23-15-8-6-14(18)7-9-15)16(20)19-10-12-2-4-13(5-3-12)17(21)22/h2-9,11H,10H2,1H3,(H,19,20)(H,21,22). The van der Waals surface area contributed by atoms with Gasteiger partial charge in [0.15, 0.2) is 6.10 Å². The molecule has 1 atom stereocenters. The number of amides is 1. The largest absolute Gasteiger partial charge is 0.481 e. The summed E-state index contributed by atoms with van der Waals surface area (Å²) < 4.78 is 6.67. The molecule has 2 aromatic carbocycles. The van der Waals surface area contributed by atoms with Gasteiger partial charge in [-0.3, -0.25) is 4.79 Å². The average molecular weight is 425 g/mol. The monoisotopic (exact) mass is 425 g/mol. The van der Waals surface area contributed by atoms with Crippen LogP contribution in [0.3, 0.4) is 0 Å². The van der Waals surface area contributed by atoms with Crippen molar-refractivity contribution < 1.29 is 19.4 Å². The molecule has 2 aromatic rings. The van der Waals surface area contributed by atoms with Gasteiger partial charge in [-0.15, -0.1) is 0 Å². The minimum atomic E-state index is -0.972. The topological polar surface area (TPSA) is 75.6 Å². The minimum absolute atomic E-state index is 0.218. The number of hydrogen-bond donors (Lipinski definition) is 2. The molecule has 0 saturated carbocycles. The molecule has 0 aromatic heterocycles. The van der Waals surface area contributed by atoms with Crippen LogP contribution in [0.15, 0.2) is 48.5 Å². The van der Waals surface area contributed by atoms with Crippen molar-refractivity contribution in [2.75, 3.05) is 0 Å². The summed E-state index contributed by atoms with van der Waals surface area (Å²) in [5.41, 5.74) is 1.04. The molecule has 0 aliphatic carbocycles. The lowest BCUT2D eigenvalue weighted by Gasteiger charge is -2.15. The molecule has 0 fully saturated rings. The maximum Gasteiger partial charge on any atom is 0.335 e. The Labute approximate surface area is 147 Å². The van der Waals surface area contributed by atoms with E-state index >= 15 is 0 Å². The highest BCUT2D eigenvalue weighted by molar-refractivity contribution is 14.1. The molecular formula is C17H16INO4. The Morgan fingerprint density at radius 1 is 1.13 bits per heavy atom. The third-order valence-corrected chi connectivity index (χ3v) is 3.88. The first-order valence-electron chi connectivity index (χ1n) is 6.98. The molecule has 6 heteroatoms. The van der Waals surface area contributed by atoms with Gasteiger partial charge in [-0.05, 0) is 71.5 Å². The molecule has 0 spiro atoms. The SMILES string of the molecule is CC(Oc1ccc(I)cc1)C(=O)NCc1ccc(C(=O)O)cc1. The fourth-order valence-corrected chi connectivity index (χ4v) is 2.23. The van der Waals surface area contributed by atoms with Gasteiger partial charge in [0.2, 0.25) is 0 Å². The van der Waals surface area contributed by atoms with Crippen LogP contribution in [0.4, 0.5) is 0 Å². The Morgan fingerprint density at radius 2 is 1.74 bits per heavy atom. The summed E-state index contributed by atoms with van der Waals surface area (Å²) in [6.45, 7) is 2.00. The smallest absolute Gasteiger partial charge is 0.335 e. The van der Waals surface area contributed by atoms with Gasteiger partial charge in [0.25, 0.3) is 5.91 Å². The molecule has 0 heterocycles. The number of hydrogen-bond acceptors (Lipinski definition) is 3. The second-order valence-electron chi connectivity index (χ2n) is 4.93. The fraction of sp³-hybridized carbons (Fsp3) is 0.176. The molecule has 1 unspecified atom stereocenters. The van der Waals surface area contributed by atoms with E-state index in [-0.39, 0.29) is 11.5 Å². The number of carboxylic acid groups (broad SMARTS) is 1. The van der Waals surface area contributed by atoms with Gasteiger partial charge < -0.3 is 15.2 Å². The van der Waals surface area contributed by atoms with Crippen molar-refractivity contribution >= 4 is 34.5 Å². The van der Waals surface area contributed by atoms with E-state index in [0.717, 1.165) is 9.13 Å². The van der Waals surface area contributed by atoms with Gasteiger partial charge in [-0.2, -0.15) is 0 Å². The Balaban J connectivity index is 1.86. The zero-order valence-electron chi connectivity index (χ0n) is 12.5. The Morgan fingerprint density at radius 3 is 2.30 bits per heavy atom. The molecule has 2 N–H and O–H groups in total. The van der Waals surface area contributed by atoms with Crippen LogP contribution < -0.4 is 10.1 Å². The summed E-state index contributed by atoms with van der Waals surface area (Å²) in [5.74, 6) is -0.565. The van der Waals surface area contributed by atoms with Crippen molar-refractivity contribution in [1.82, 2.24) is 5.32 Å². The number of aromatic carboxylic acids is 1. The summed E-state index contributed by atoms with van der Waals surface area (Å²) in [5, 5.41) is 11.6. The van der Waals surface area contributed by atoms with E-state index in [0.29, 0.717) is 12.3 Å². The van der Waals surface area contributed by atoms with E-state index in [1.54, 1.807) is 19.1 Å². The van der Waals surface area contributed by atoms with Gasteiger partial charge in [-0.1, -0.05) is 12.1 Å². The fourth-order valence-electron chi connectivity index (χ4n) is 1.87. The molecule has 0 saturated heterocycles. The predicted octanol–water partition coefficient (Wildman–Crippen LogP) is 3.07. The third kappa shape index (κ3) is 5.24. The van der Waals surface area contributed by atoms with Gasteiger partial charge >= 0.3 is 5.97 Å². The van der Waals surface area contributed by atoms with E-state index < -0.39 is 12.1 Å². The Hall–Kier alpha value is -2.09. The van der Waals surface area contributed by atoms with E-state index in [9.17, 15) is 9.59 Å². The first-order valence-corrected chi connectivity index (χ1v) is 8.06. The van der Waals surface area contributed by atoms with Gasteiger partial charge in [0.1, 0.15) is 5.75 Å². The molecule has 5 nitrogen and oxygen atoms in total. The summed E-state index contributed by atoms with van der Waals surface area (Å²) in [6, 6.07) is 13.8. The second-order valence-corrected chi connectivity index (χ2v) is 6.18. The molecule has 0 radical (unpaired) electrons. The maximum atomic E-state index is 12.0. The zero-order valence-corrected chi connectivity index (χ0v) is 14.6. The number of carbonyl (C=O) groups is 2. The first-order chi connectivity index (χ1) is 11.0. The molecule has 23 heavy (non-hydrogen) atoms. The molecule has 0 bridgehead atoms. The van der Waals surface area contributed by atoms with Crippen LogP contribution in [0.2, 0.25) is 0 Å². The summed E-state index contributed by atoms with van der Waals surface area (Å²) in [6.07, 6.45) is -0.617. The molecule has 2 rings (SSSR count). The lowest BCUT2D eigenvalue weighted by Crippen LogP contribution is -2.35. The van der Waals surface area contributed by atoms with Gasteiger partial charge in [0.05, 0.1) is 5.56 Å². The predicted molar refractivity (Wildman–Crippen MR) is 94.5 cm³/mol. The lowest BCUT2D eigenvalue weighted by atomic mass is 10.1. The number of ether oxygens (including phenoxy) is 1. The van der Waals surface area contributed by atoms with E-state index in [2.05, 4.69) is 27.9 Å². The maximum absolute atomic E-state index is 12.0. The molecule has 1 amide bonds. The Bertz CT molecular complexity index is 683. The van der Waals surface area contributed by atoms with Crippen LogP contribution >= 0.6 is 22.6 Å². The van der Waals surface area contributed by atoms with Crippen LogP contribution in [0.1, 0.15) is 22.8 Å². The van der Waals surface area contributed by atoms with Crippen molar-refractivity contribution in [3.05, 3.63) is 63.2 Å². The van der Waals surface area contributed by atoms with Crippen molar-refractivity contribution in [3.8, 4) is 5.75 Å². The lowest BCUT2D eigenvalue weighted by molar-refractivity contribution is -0.127. The quantitative estimate of drug-likeness (QED) is 0.698. The highest BCUT2D eigenvalue weighted by atomic mass is 127. The Kier molecular flexibility index (Phi) is 5.97. The average Bonchev–Trinajstić information content (AvgIpc) is 2.55. The van der Waals surface area contributed by atoms with Crippen LogP contribution in [0.5, 0.6) is 5.75 Å². The van der Waals surface area contributed by atoms with Crippen molar-refractivity contribution in [3.63, 3.8) is 0 Å². The number of nitrogens with one attached hydrogen (secondary N) is 1. The number of carboxylic acids is 1. The van der Waals surface area contributed by atoms with Gasteiger partial charge in [0, 0.05) is 10.1 Å². The summed E-state index contributed by atoms with van der Waals surface area (Å²) in [4.78, 5) is 22.8. The second kappa shape index (κ2) is 7.96. The summed E-state index contributed by atoms with van der Waals surface area (Å²) >= 11 is 2.20. The van der Waals surface area contributed by atoms with Crippen LogP contribution in [0.25, 0.3) is 0 Å². The number of rotatable bonds is 6. The van der Waals surface area contributed by atoms with Crippen molar-refractivity contribution in [1.29, 1.82) is 0 Å². The number of halogens is 1. The molecule has 120 valence electrons. The zero-order chi connectivity index (χ0) is 16.8. The van der Waals surface area contributed by atoms with E-state index in [1.807, 2.05) is 24.3 Å².